The molecule has 0 aromatic carbocycles. The van der Waals surface area contributed by atoms with Crippen molar-refractivity contribution in [2.24, 2.45) is 10.9 Å². The van der Waals surface area contributed by atoms with Crippen LogP contribution in [0.15, 0.2) is 28.1 Å². The van der Waals surface area contributed by atoms with Gasteiger partial charge in [0.15, 0.2) is 35.1 Å². The molecule has 2 saturated heterocycles. The number of carboxylic acid groups (broad SMARTS) is 1. The van der Waals surface area contributed by atoms with Crippen molar-refractivity contribution in [1.82, 2.24) is 0 Å². The molecule has 3 aliphatic rings. The molecule has 0 amide bonds. The van der Waals surface area contributed by atoms with Crippen molar-refractivity contribution in [3.8, 4) is 0 Å². The minimum absolute atomic E-state index is 0.325. The van der Waals surface area contributed by atoms with E-state index in [4.69, 9.17) is 38.6 Å². The number of aliphatic imine (C=N–C) groups is 1. The highest BCUT2D eigenvalue weighted by molar-refractivity contribution is 7.78. The quantitative estimate of drug-likeness (QED) is 0.0475. The van der Waals surface area contributed by atoms with Crippen molar-refractivity contribution in [1.29, 1.82) is 5.41 Å². The normalized spacial score (nSPS) is 34.2. The number of carboxylic acids is 1. The van der Waals surface area contributed by atoms with E-state index in [-0.39, 0.29) is 12.1 Å². The zero-order chi connectivity index (χ0) is 40.2. The van der Waals surface area contributed by atoms with Gasteiger partial charge in [0.25, 0.3) is 0 Å². The van der Waals surface area contributed by atoms with Gasteiger partial charge < -0.3 is 58.7 Å². The second-order valence-electron chi connectivity index (χ2n) is 13.0. The van der Waals surface area contributed by atoms with Crippen LogP contribution in [-0.2, 0) is 57.1 Å². The molecule has 0 saturated carbocycles. The molecular formula is C33H44N2O17S. The van der Waals surface area contributed by atoms with Gasteiger partial charge in [0.1, 0.15) is 54.2 Å². The lowest BCUT2D eigenvalue weighted by atomic mass is 9.74. The average molecular weight is 773 g/mol. The van der Waals surface area contributed by atoms with Crippen LogP contribution >= 0.6 is 12.2 Å². The molecule has 2 aliphatic heterocycles. The van der Waals surface area contributed by atoms with Gasteiger partial charge in [-0.2, -0.15) is 4.99 Å². The topological polar surface area (TPSA) is 287 Å². The van der Waals surface area contributed by atoms with Gasteiger partial charge in [0.2, 0.25) is 0 Å². The maximum absolute atomic E-state index is 13.3. The fourth-order valence-electron chi connectivity index (χ4n) is 6.31. The van der Waals surface area contributed by atoms with Crippen LogP contribution in [0.4, 0.5) is 0 Å². The Morgan fingerprint density at radius 2 is 1.81 bits per heavy atom. The van der Waals surface area contributed by atoms with Crippen LogP contribution in [0.1, 0.15) is 54.4 Å². The van der Waals surface area contributed by atoms with Crippen LogP contribution in [-0.4, -0.2) is 146 Å². The molecule has 2 fully saturated rings. The third-order valence-electron chi connectivity index (χ3n) is 9.23. The van der Waals surface area contributed by atoms with E-state index in [9.17, 15) is 49.5 Å². The number of carbonyl (C=O) groups is 5. The Morgan fingerprint density at radius 3 is 2.34 bits per heavy atom. The van der Waals surface area contributed by atoms with E-state index in [2.05, 4.69) is 17.2 Å². The highest BCUT2D eigenvalue weighted by atomic mass is 32.1. The fraction of sp³-hybridized carbons (Fsp3) is 0.667. The van der Waals surface area contributed by atoms with Crippen molar-refractivity contribution in [2.75, 3.05) is 13.7 Å². The number of nitrogens with one attached hydrogen (secondary N) is 1. The number of nitrogens with zero attached hydrogens (tertiary/aromatic N) is 1. The highest BCUT2D eigenvalue weighted by Crippen LogP contribution is 2.42. The molecule has 19 nitrogen and oxygen atoms in total. The SMILES string of the molecule is C/C=C(\N=C=S)C(=O)OC1C(COC(C)=O)OC([C@]2(O)CC(=O)C(=N)C(C(=O)O)=C2O)C(O)C1OC1CC(OC)C(O)([C@@H](C)OC(=O)C(C)C)C(C)O1. The first-order valence-corrected chi connectivity index (χ1v) is 16.8. The molecule has 0 bridgehead atoms. The fourth-order valence-corrected chi connectivity index (χ4v) is 6.41. The summed E-state index contributed by atoms with van der Waals surface area (Å²) in [5, 5.41) is 66.0. The third-order valence-corrected chi connectivity index (χ3v) is 9.32. The average Bonchev–Trinajstić information content (AvgIpc) is 3.08. The first kappa shape index (κ1) is 43.4. The Hall–Kier alpha value is -3.98. The number of carbonyl (C=O) groups excluding carboxylic acids is 4. The number of aliphatic hydroxyl groups is 4. The standard InChI is InChI=1S/C33H44N2O17S/c1-8-17(35-12-53)31(43)52-25-19(11-47-16(6)36)50-28(32(44)10-18(37)23(34)22(27(32)39)29(40)41)24(38)26(25)51-21-9-20(46-7)33(45,14(4)48-21)15(5)49-30(42)13(2)3/h8,13-15,19-21,24-26,28,34,38-39,44-45H,9-11H2,1-7H3,(H,40,41)/b17-8-,34-23?/t14?,15-,19?,20?,21?,24?,25?,26?,28?,32+,33?/m1/s1. The van der Waals surface area contributed by atoms with E-state index in [0.29, 0.717) is 0 Å². The number of isothiocyanates is 1. The number of aliphatic carboxylic acids is 1. The van der Waals surface area contributed by atoms with Crippen LogP contribution < -0.4 is 0 Å². The van der Waals surface area contributed by atoms with Gasteiger partial charge in [-0.15, -0.1) is 0 Å². The smallest absolute Gasteiger partial charge is 0.357 e. The van der Waals surface area contributed by atoms with Crippen molar-refractivity contribution in [3.05, 3.63) is 23.1 Å². The molecule has 0 aromatic heterocycles. The maximum atomic E-state index is 13.3. The van der Waals surface area contributed by atoms with E-state index in [0.717, 1.165) is 6.92 Å². The van der Waals surface area contributed by atoms with E-state index in [1.54, 1.807) is 13.8 Å². The van der Waals surface area contributed by atoms with Crippen LogP contribution in [0.2, 0.25) is 0 Å². The molecular weight excluding hydrogens is 728 g/mol. The first-order chi connectivity index (χ1) is 24.7. The predicted molar refractivity (Wildman–Crippen MR) is 180 cm³/mol. The molecule has 2 heterocycles. The van der Waals surface area contributed by atoms with Crippen molar-refractivity contribution >= 4 is 52.8 Å². The number of rotatable bonds is 13. The van der Waals surface area contributed by atoms with Crippen molar-refractivity contribution in [2.45, 2.75) is 121 Å². The number of allylic oxidation sites excluding steroid dienone is 1. The number of methoxy groups -OCH3 is 1. The molecule has 9 unspecified atom stereocenters. The van der Waals surface area contributed by atoms with Crippen LogP contribution in [0.5, 0.6) is 0 Å². The molecule has 3 rings (SSSR count). The van der Waals surface area contributed by atoms with E-state index >= 15 is 0 Å². The van der Waals surface area contributed by atoms with Crippen LogP contribution in [0, 0.1) is 11.3 Å². The Morgan fingerprint density at radius 1 is 1.17 bits per heavy atom. The molecule has 0 radical (unpaired) electrons. The highest BCUT2D eigenvalue weighted by Gasteiger charge is 2.62. The van der Waals surface area contributed by atoms with Gasteiger partial charge in [-0.05, 0) is 33.0 Å². The Kier molecular flexibility index (Phi) is 14.3. The minimum atomic E-state index is -3.03. The summed E-state index contributed by atoms with van der Waals surface area (Å²) in [6.07, 6.45) is -15.0. The molecule has 11 atom stereocenters. The van der Waals surface area contributed by atoms with Gasteiger partial charge in [0, 0.05) is 20.5 Å². The molecule has 53 heavy (non-hydrogen) atoms. The van der Waals surface area contributed by atoms with E-state index in [1.165, 1.54) is 34.0 Å². The molecule has 20 heteroatoms. The van der Waals surface area contributed by atoms with Crippen molar-refractivity contribution in [3.63, 3.8) is 0 Å². The lowest BCUT2D eigenvalue weighted by Gasteiger charge is -2.52. The molecule has 294 valence electrons. The molecule has 0 spiro atoms. The molecule has 0 aromatic rings. The molecule has 1 aliphatic carbocycles. The van der Waals surface area contributed by atoms with Gasteiger partial charge in [-0.25, -0.2) is 9.59 Å². The summed E-state index contributed by atoms with van der Waals surface area (Å²) in [6.45, 7) is 7.77. The monoisotopic (exact) mass is 772 g/mol. The Bertz CT molecular complexity index is 1590. The number of hydrogen-bond acceptors (Lipinski definition) is 19. The summed E-state index contributed by atoms with van der Waals surface area (Å²) in [5.74, 6) is -7.74. The second-order valence-corrected chi connectivity index (χ2v) is 13.1. The van der Waals surface area contributed by atoms with Crippen molar-refractivity contribution < 1.29 is 82.7 Å². The summed E-state index contributed by atoms with van der Waals surface area (Å²) in [6, 6.07) is 0. The summed E-state index contributed by atoms with van der Waals surface area (Å²) in [7, 11) is 1.26. The molecule has 6 N–H and O–H groups in total. The van der Waals surface area contributed by atoms with Gasteiger partial charge in [-0.1, -0.05) is 19.9 Å². The second kappa shape index (κ2) is 17.4. The third kappa shape index (κ3) is 8.88. The number of hydrogen-bond donors (Lipinski definition) is 6. The number of thiocarbonyl (C=S) groups is 1. The summed E-state index contributed by atoms with van der Waals surface area (Å²) in [4.78, 5) is 66.0. The number of aliphatic hydroxyl groups excluding tert-OH is 2. The lowest BCUT2D eigenvalue weighted by Crippen LogP contribution is -2.70. The predicted octanol–water partition coefficient (Wildman–Crippen LogP) is 0.0705. The van der Waals surface area contributed by atoms with Gasteiger partial charge >= 0.3 is 23.9 Å². The lowest BCUT2D eigenvalue weighted by molar-refractivity contribution is -0.345. The van der Waals surface area contributed by atoms with E-state index in [1.807, 2.05) is 5.16 Å². The van der Waals surface area contributed by atoms with E-state index < -0.39 is 132 Å². The maximum Gasteiger partial charge on any atom is 0.357 e. The largest absolute Gasteiger partial charge is 0.508 e. The van der Waals surface area contributed by atoms with Gasteiger partial charge in [0.05, 0.1) is 29.7 Å². The Labute approximate surface area is 309 Å². The van der Waals surface area contributed by atoms with Crippen LogP contribution in [0.25, 0.3) is 0 Å². The Balaban J connectivity index is 2.15. The van der Waals surface area contributed by atoms with Crippen LogP contribution in [0.3, 0.4) is 0 Å². The summed E-state index contributed by atoms with van der Waals surface area (Å²) < 4.78 is 39.9. The number of ether oxygens (including phenoxy) is 7. The summed E-state index contributed by atoms with van der Waals surface area (Å²) in [5.41, 5.74) is -7.74. The number of ketones is 1. The first-order valence-electron chi connectivity index (χ1n) is 16.4. The van der Waals surface area contributed by atoms with Gasteiger partial charge in [-0.3, -0.25) is 19.8 Å². The number of esters is 3. The summed E-state index contributed by atoms with van der Waals surface area (Å²) >= 11 is 4.60. The minimum Gasteiger partial charge on any atom is -0.508 e. The zero-order valence-electron chi connectivity index (χ0n) is 30.0. The zero-order valence-corrected chi connectivity index (χ0v) is 30.8. The number of Topliss-reactive ketones (excluding diaryl/α,β-unsaturated/α-hetero) is 1.